The first-order chi connectivity index (χ1) is 16.6. The molecule has 5 heterocycles. The third kappa shape index (κ3) is 4.14. The van der Waals surface area contributed by atoms with Crippen LogP contribution >= 0.6 is 0 Å². The number of amides is 1. The lowest BCUT2D eigenvalue weighted by atomic mass is 9.97. The van der Waals surface area contributed by atoms with Crippen molar-refractivity contribution in [3.8, 4) is 6.07 Å². The highest BCUT2D eigenvalue weighted by Gasteiger charge is 2.35. The average molecular weight is 479 g/mol. The molecule has 9 nitrogen and oxygen atoms in total. The molecule has 3 aromatic heterocycles. The third-order valence-corrected chi connectivity index (χ3v) is 6.83. The summed E-state index contributed by atoms with van der Waals surface area (Å²) in [7, 11) is 0. The summed E-state index contributed by atoms with van der Waals surface area (Å²) in [6.07, 6.45) is 1.96. The van der Waals surface area contributed by atoms with Gasteiger partial charge in [0, 0.05) is 30.2 Å². The van der Waals surface area contributed by atoms with Crippen molar-refractivity contribution >= 4 is 17.1 Å². The Bertz CT molecular complexity index is 1340. The molecule has 5 rings (SSSR count). The second-order valence-electron chi connectivity index (χ2n) is 10.8. The molecule has 2 aliphatic rings. The molecule has 0 unspecified atom stereocenters. The van der Waals surface area contributed by atoms with E-state index in [-0.39, 0.29) is 23.5 Å². The van der Waals surface area contributed by atoms with Crippen LogP contribution in [-0.2, 0) is 24.3 Å². The summed E-state index contributed by atoms with van der Waals surface area (Å²) < 4.78 is 18.2. The fourth-order valence-electron chi connectivity index (χ4n) is 5.29. The summed E-state index contributed by atoms with van der Waals surface area (Å²) in [6.45, 7) is 12.4. The van der Waals surface area contributed by atoms with Gasteiger partial charge in [-0.25, -0.2) is 8.91 Å². The smallest absolute Gasteiger partial charge is 0.234 e. The van der Waals surface area contributed by atoms with Crippen molar-refractivity contribution < 1.29 is 9.18 Å². The van der Waals surface area contributed by atoms with Gasteiger partial charge >= 0.3 is 0 Å². The first-order valence-electron chi connectivity index (χ1n) is 12.0. The Balaban J connectivity index is 1.44. The predicted molar refractivity (Wildman–Crippen MR) is 129 cm³/mol. The maximum atomic E-state index is 14.7. The van der Waals surface area contributed by atoms with Crippen LogP contribution < -0.4 is 10.2 Å². The first-order valence-corrected chi connectivity index (χ1v) is 12.0. The van der Waals surface area contributed by atoms with Gasteiger partial charge in [0.25, 0.3) is 0 Å². The minimum absolute atomic E-state index is 0.0176. The summed E-state index contributed by atoms with van der Waals surface area (Å²) in [5.74, 6) is -0.423. The van der Waals surface area contributed by atoms with Gasteiger partial charge in [-0.05, 0) is 53.2 Å². The quantitative estimate of drug-likeness (QED) is 0.622. The summed E-state index contributed by atoms with van der Waals surface area (Å²) in [5.41, 5.74) is 4.44. The highest BCUT2D eigenvalue weighted by atomic mass is 19.1. The van der Waals surface area contributed by atoms with Crippen LogP contribution in [0.1, 0.15) is 63.3 Å². The summed E-state index contributed by atoms with van der Waals surface area (Å²) in [6, 6.07) is 5.85. The van der Waals surface area contributed by atoms with Gasteiger partial charge in [-0.3, -0.25) is 14.4 Å². The molecule has 3 aromatic rings. The standard InChI is InChI=1S/C25H31FN8O/c1-15-8-18-20(12-31(15)14-23(35)29-25(3,4)5)30-33-16(2)11-32(13-22(18)33)21-7-6-17(9-27)34-24(21)19(26)10-28-34/h6-7,10,15-16H,8,11-14H2,1-5H3,(H,29,35)/t15-,16+/m0/s1. The van der Waals surface area contributed by atoms with E-state index in [9.17, 15) is 14.4 Å². The molecule has 10 heteroatoms. The van der Waals surface area contributed by atoms with E-state index in [0.717, 1.165) is 29.7 Å². The molecule has 0 spiro atoms. The first kappa shape index (κ1) is 23.3. The van der Waals surface area contributed by atoms with Gasteiger partial charge in [-0.15, -0.1) is 0 Å². The number of carbonyl (C=O) groups excluding carboxylic acids is 1. The van der Waals surface area contributed by atoms with Gasteiger partial charge in [0.05, 0.1) is 42.4 Å². The highest BCUT2D eigenvalue weighted by molar-refractivity contribution is 5.79. The maximum absolute atomic E-state index is 14.7. The molecule has 1 N–H and O–H groups in total. The van der Waals surface area contributed by atoms with Gasteiger partial charge in [0.2, 0.25) is 5.91 Å². The van der Waals surface area contributed by atoms with Crippen LogP contribution in [0.2, 0.25) is 0 Å². The van der Waals surface area contributed by atoms with Crippen LogP contribution in [0.15, 0.2) is 18.3 Å². The lowest BCUT2D eigenvalue weighted by Crippen LogP contribution is -2.49. The third-order valence-electron chi connectivity index (χ3n) is 6.83. The molecule has 35 heavy (non-hydrogen) atoms. The van der Waals surface area contributed by atoms with Gasteiger partial charge in [-0.2, -0.15) is 15.5 Å². The lowest BCUT2D eigenvalue weighted by Gasteiger charge is -2.36. The number of nitriles is 1. The fourth-order valence-corrected chi connectivity index (χ4v) is 5.29. The Kier molecular flexibility index (Phi) is 5.55. The molecule has 184 valence electrons. The zero-order chi connectivity index (χ0) is 25.1. The van der Waals surface area contributed by atoms with E-state index in [2.05, 4.69) is 44.8 Å². The Morgan fingerprint density at radius 3 is 2.74 bits per heavy atom. The van der Waals surface area contributed by atoms with Crippen molar-refractivity contribution in [3.05, 3.63) is 46.8 Å². The van der Waals surface area contributed by atoms with Crippen LogP contribution in [-0.4, -0.2) is 54.9 Å². The number of halogens is 1. The maximum Gasteiger partial charge on any atom is 0.234 e. The van der Waals surface area contributed by atoms with E-state index in [4.69, 9.17) is 5.10 Å². The fraction of sp³-hybridized carbons (Fsp3) is 0.520. The number of nitrogens with zero attached hydrogens (tertiary/aromatic N) is 7. The van der Waals surface area contributed by atoms with E-state index in [1.165, 1.54) is 10.1 Å². The van der Waals surface area contributed by atoms with Crippen LogP contribution in [0.3, 0.4) is 0 Å². The Morgan fingerprint density at radius 2 is 2.03 bits per heavy atom. The number of anilines is 1. The Labute approximate surface area is 204 Å². The number of pyridine rings is 1. The van der Waals surface area contributed by atoms with E-state index in [1.54, 1.807) is 6.07 Å². The van der Waals surface area contributed by atoms with Gasteiger partial charge < -0.3 is 10.2 Å². The Hall–Kier alpha value is -3.45. The molecular weight excluding hydrogens is 447 g/mol. The molecule has 0 saturated carbocycles. The zero-order valence-electron chi connectivity index (χ0n) is 20.8. The molecule has 0 aromatic carbocycles. The van der Waals surface area contributed by atoms with Gasteiger partial charge in [0.15, 0.2) is 5.82 Å². The zero-order valence-corrected chi connectivity index (χ0v) is 20.8. The van der Waals surface area contributed by atoms with E-state index >= 15 is 0 Å². The van der Waals surface area contributed by atoms with Gasteiger partial charge in [-0.1, -0.05) is 0 Å². The number of carbonyl (C=O) groups is 1. The van der Waals surface area contributed by atoms with Crippen molar-refractivity contribution in [1.29, 1.82) is 5.26 Å². The van der Waals surface area contributed by atoms with Crippen molar-refractivity contribution in [2.45, 2.75) is 71.8 Å². The number of aromatic nitrogens is 4. The molecule has 0 bridgehead atoms. The number of fused-ring (bicyclic) bond motifs is 4. The number of rotatable bonds is 3. The van der Waals surface area contributed by atoms with E-state index < -0.39 is 5.82 Å². The topological polar surface area (TPSA) is 94.5 Å². The predicted octanol–water partition coefficient (Wildman–Crippen LogP) is 2.78. The minimum atomic E-state index is -0.441. The van der Waals surface area contributed by atoms with Crippen molar-refractivity contribution in [3.63, 3.8) is 0 Å². The summed E-state index contributed by atoms with van der Waals surface area (Å²) in [5, 5.41) is 21.5. The molecular formula is C25H31FN8O. The number of hydrogen-bond donors (Lipinski definition) is 1. The lowest BCUT2D eigenvalue weighted by molar-refractivity contribution is -0.124. The van der Waals surface area contributed by atoms with Crippen molar-refractivity contribution in [1.82, 2.24) is 29.6 Å². The summed E-state index contributed by atoms with van der Waals surface area (Å²) in [4.78, 5) is 16.9. The van der Waals surface area contributed by atoms with Crippen molar-refractivity contribution in [2.24, 2.45) is 0 Å². The number of hydrogen-bond acceptors (Lipinski definition) is 6. The van der Waals surface area contributed by atoms with Crippen LogP contribution in [0, 0.1) is 17.1 Å². The minimum Gasteiger partial charge on any atom is -0.362 e. The van der Waals surface area contributed by atoms with Crippen LogP contribution in [0.25, 0.3) is 5.52 Å². The highest BCUT2D eigenvalue weighted by Crippen LogP contribution is 2.35. The number of nitrogens with one attached hydrogen (secondary N) is 1. The molecule has 2 aliphatic heterocycles. The SMILES string of the molecule is C[C@@H]1CN(c2ccc(C#N)n3ncc(F)c23)Cc2c3c(nn21)CN(CC(=O)NC(C)(C)C)[C@@H](C)C3. The Morgan fingerprint density at radius 1 is 1.26 bits per heavy atom. The summed E-state index contributed by atoms with van der Waals surface area (Å²) >= 11 is 0. The van der Waals surface area contributed by atoms with Crippen molar-refractivity contribution in [2.75, 3.05) is 18.0 Å². The van der Waals surface area contributed by atoms with Crippen LogP contribution in [0.5, 0.6) is 0 Å². The van der Waals surface area contributed by atoms with Crippen LogP contribution in [0.4, 0.5) is 10.1 Å². The monoisotopic (exact) mass is 478 g/mol. The second-order valence-corrected chi connectivity index (χ2v) is 10.8. The molecule has 0 aliphatic carbocycles. The molecule has 0 fully saturated rings. The molecule has 1 amide bonds. The average Bonchev–Trinajstić information content (AvgIpc) is 3.33. The molecule has 0 saturated heterocycles. The largest absolute Gasteiger partial charge is 0.362 e. The molecule has 0 radical (unpaired) electrons. The molecule has 2 atom stereocenters. The normalized spacial score (nSPS) is 20.4. The van der Waals surface area contributed by atoms with E-state index in [1.807, 2.05) is 26.8 Å². The second kappa shape index (κ2) is 8.34. The van der Waals surface area contributed by atoms with Gasteiger partial charge in [0.1, 0.15) is 17.3 Å². The van der Waals surface area contributed by atoms with E-state index in [0.29, 0.717) is 37.4 Å².